The minimum absolute atomic E-state index is 0.230. The van der Waals surface area contributed by atoms with Gasteiger partial charge in [0.25, 0.3) is 0 Å². The van der Waals surface area contributed by atoms with Gasteiger partial charge in [-0.2, -0.15) is 0 Å². The van der Waals surface area contributed by atoms with E-state index < -0.39 is 42.8 Å². The fourth-order valence-corrected chi connectivity index (χ4v) is 1.18. The molecule has 0 saturated carbocycles. The lowest BCUT2D eigenvalue weighted by Crippen LogP contribution is -2.53. The maximum Gasteiger partial charge on any atom is 0.302 e. The Balaban J connectivity index is 4.44. The van der Waals surface area contributed by atoms with Gasteiger partial charge in [-0.25, -0.2) is 0 Å². The lowest BCUT2D eigenvalue weighted by Gasteiger charge is -2.26. The average Bonchev–Trinajstić information content (AvgIpc) is 2.30. The molecule has 0 fully saturated rings. The average molecular weight is 263 g/mol. The van der Waals surface area contributed by atoms with Crippen LogP contribution in [0.2, 0.25) is 0 Å². The van der Waals surface area contributed by atoms with E-state index in [1.807, 2.05) is 0 Å². The molecular weight excluding hydrogens is 246 g/mol. The summed E-state index contributed by atoms with van der Waals surface area (Å²) in [5.41, 5.74) is 0. The molecule has 0 saturated heterocycles. The molecule has 0 aliphatic carbocycles. The van der Waals surface area contributed by atoms with Crippen LogP contribution in [-0.2, 0) is 19.1 Å². The first-order chi connectivity index (χ1) is 8.29. The van der Waals surface area contributed by atoms with Crippen molar-refractivity contribution >= 4 is 18.2 Å². The second-order valence-electron chi connectivity index (χ2n) is 3.71. The summed E-state index contributed by atoms with van der Waals surface area (Å²) < 4.78 is 4.43. The molecule has 8 nitrogen and oxygen atoms in total. The largest absolute Gasteiger partial charge is 0.463 e. The molecule has 0 rings (SSSR count). The van der Waals surface area contributed by atoms with Crippen molar-refractivity contribution in [3.63, 3.8) is 0 Å². The van der Waals surface area contributed by atoms with E-state index in [4.69, 9.17) is 0 Å². The van der Waals surface area contributed by atoms with Gasteiger partial charge in [0.15, 0.2) is 0 Å². The van der Waals surface area contributed by atoms with Crippen molar-refractivity contribution < 1.29 is 34.4 Å². The van der Waals surface area contributed by atoms with Crippen LogP contribution in [0.1, 0.15) is 13.8 Å². The molecule has 0 aliphatic heterocycles. The number of rotatable bonds is 7. The highest BCUT2D eigenvalue weighted by molar-refractivity contribution is 5.77. The predicted octanol–water partition coefficient (Wildman–Crippen LogP) is -2.66. The fraction of sp³-hybridized carbons (Fsp3) is 0.700. The highest BCUT2D eigenvalue weighted by Crippen LogP contribution is 2.05. The molecule has 0 bridgehead atoms. The molecule has 0 aromatic carbocycles. The fourth-order valence-electron chi connectivity index (χ4n) is 1.18. The van der Waals surface area contributed by atoms with Crippen molar-refractivity contribution in [2.45, 2.75) is 38.2 Å². The number of esters is 1. The molecular formula is C10H17NO7. The van der Waals surface area contributed by atoms with E-state index in [9.17, 15) is 29.7 Å². The van der Waals surface area contributed by atoms with Gasteiger partial charge in [0.05, 0.1) is 0 Å². The number of carbonyl (C=O) groups is 3. The summed E-state index contributed by atoms with van der Waals surface area (Å²) in [6.45, 7) is 1.71. The van der Waals surface area contributed by atoms with Crippen LogP contribution in [0.3, 0.4) is 0 Å². The monoisotopic (exact) mass is 263 g/mol. The Kier molecular flexibility index (Phi) is 7.10. The van der Waals surface area contributed by atoms with Crippen LogP contribution in [0, 0.1) is 0 Å². The normalized spacial score (nSPS) is 17.2. The molecule has 104 valence electrons. The SMILES string of the molecule is CC(=O)NC(C=O)C(O)C(O)C(O)COC(C)=O. The zero-order valence-electron chi connectivity index (χ0n) is 10.1. The van der Waals surface area contributed by atoms with E-state index in [1.165, 1.54) is 0 Å². The highest BCUT2D eigenvalue weighted by atomic mass is 16.5. The number of aliphatic hydroxyl groups excluding tert-OH is 3. The predicted molar refractivity (Wildman–Crippen MR) is 58.3 cm³/mol. The third-order valence-corrected chi connectivity index (χ3v) is 2.09. The van der Waals surface area contributed by atoms with Gasteiger partial charge in [-0.15, -0.1) is 0 Å². The lowest BCUT2D eigenvalue weighted by molar-refractivity contribution is -0.150. The molecule has 0 aromatic heterocycles. The number of nitrogens with one attached hydrogen (secondary N) is 1. The van der Waals surface area contributed by atoms with Gasteiger partial charge in [0.1, 0.15) is 37.2 Å². The first-order valence-corrected chi connectivity index (χ1v) is 5.19. The summed E-state index contributed by atoms with van der Waals surface area (Å²) in [7, 11) is 0. The molecule has 0 radical (unpaired) electrons. The summed E-state index contributed by atoms with van der Waals surface area (Å²) in [6, 6.07) is -1.36. The van der Waals surface area contributed by atoms with Crippen molar-refractivity contribution in [1.29, 1.82) is 0 Å². The van der Waals surface area contributed by atoms with Crippen molar-refractivity contribution in [3.8, 4) is 0 Å². The molecule has 4 atom stereocenters. The number of amides is 1. The van der Waals surface area contributed by atoms with Gasteiger partial charge >= 0.3 is 5.97 Å². The second kappa shape index (κ2) is 7.75. The molecule has 0 spiro atoms. The van der Waals surface area contributed by atoms with Crippen LogP contribution >= 0.6 is 0 Å². The summed E-state index contributed by atoms with van der Waals surface area (Å²) >= 11 is 0. The maximum absolute atomic E-state index is 10.7. The minimum atomic E-state index is -1.74. The summed E-state index contributed by atoms with van der Waals surface area (Å²) in [4.78, 5) is 31.8. The minimum Gasteiger partial charge on any atom is -0.463 e. The maximum atomic E-state index is 10.7. The van der Waals surface area contributed by atoms with Gasteiger partial charge in [-0.1, -0.05) is 0 Å². The van der Waals surface area contributed by atoms with Crippen LogP contribution in [0.4, 0.5) is 0 Å². The van der Waals surface area contributed by atoms with E-state index in [0.717, 1.165) is 13.8 Å². The van der Waals surface area contributed by atoms with Crippen LogP contribution < -0.4 is 5.32 Å². The molecule has 0 heterocycles. The van der Waals surface area contributed by atoms with Gasteiger partial charge in [-0.05, 0) is 0 Å². The summed E-state index contributed by atoms with van der Waals surface area (Å²) in [6.07, 6.45) is -4.79. The van der Waals surface area contributed by atoms with Gasteiger partial charge in [0, 0.05) is 13.8 Å². The van der Waals surface area contributed by atoms with E-state index in [2.05, 4.69) is 10.1 Å². The third kappa shape index (κ3) is 5.71. The van der Waals surface area contributed by atoms with E-state index in [1.54, 1.807) is 0 Å². The first kappa shape index (κ1) is 16.5. The number of aldehydes is 1. The summed E-state index contributed by atoms with van der Waals surface area (Å²) in [5.74, 6) is -1.24. The Bertz CT molecular complexity index is 307. The zero-order chi connectivity index (χ0) is 14.3. The van der Waals surface area contributed by atoms with Crippen molar-refractivity contribution in [2.75, 3.05) is 6.61 Å². The Morgan fingerprint density at radius 2 is 1.78 bits per heavy atom. The third-order valence-electron chi connectivity index (χ3n) is 2.09. The molecule has 0 aliphatic rings. The number of hydrogen-bond acceptors (Lipinski definition) is 7. The number of aliphatic hydroxyl groups is 3. The smallest absolute Gasteiger partial charge is 0.302 e. The Hall–Kier alpha value is -1.51. The topological polar surface area (TPSA) is 133 Å². The number of ether oxygens (including phenoxy) is 1. The molecule has 0 aromatic rings. The Labute approximate surface area is 104 Å². The molecule has 4 unspecified atom stereocenters. The van der Waals surface area contributed by atoms with Crippen LogP contribution in [0.15, 0.2) is 0 Å². The molecule has 8 heteroatoms. The second-order valence-corrected chi connectivity index (χ2v) is 3.71. The first-order valence-electron chi connectivity index (χ1n) is 5.19. The molecule has 4 N–H and O–H groups in total. The lowest BCUT2D eigenvalue weighted by atomic mass is 10.0. The Morgan fingerprint density at radius 1 is 1.22 bits per heavy atom. The van der Waals surface area contributed by atoms with E-state index in [0.29, 0.717) is 0 Å². The van der Waals surface area contributed by atoms with Crippen molar-refractivity contribution in [1.82, 2.24) is 5.32 Å². The van der Waals surface area contributed by atoms with Gasteiger partial charge < -0.3 is 30.2 Å². The van der Waals surface area contributed by atoms with Crippen molar-refractivity contribution in [2.24, 2.45) is 0 Å². The van der Waals surface area contributed by atoms with Crippen LogP contribution in [0.5, 0.6) is 0 Å². The Morgan fingerprint density at radius 3 is 2.17 bits per heavy atom. The van der Waals surface area contributed by atoms with Crippen LogP contribution in [-0.4, -0.2) is 64.4 Å². The van der Waals surface area contributed by atoms with Crippen LogP contribution in [0.25, 0.3) is 0 Å². The standard InChI is InChI=1S/C10H17NO7/c1-5(13)11-7(3-12)9(16)10(17)8(15)4-18-6(2)14/h3,7-10,15-17H,4H2,1-2H3,(H,11,13). The van der Waals surface area contributed by atoms with Crippen molar-refractivity contribution in [3.05, 3.63) is 0 Å². The highest BCUT2D eigenvalue weighted by Gasteiger charge is 2.32. The summed E-state index contributed by atoms with van der Waals surface area (Å²) in [5, 5.41) is 30.6. The number of hydrogen-bond donors (Lipinski definition) is 4. The molecule has 18 heavy (non-hydrogen) atoms. The quantitative estimate of drug-likeness (QED) is 0.291. The van der Waals surface area contributed by atoms with E-state index in [-0.39, 0.29) is 6.29 Å². The van der Waals surface area contributed by atoms with E-state index >= 15 is 0 Å². The zero-order valence-corrected chi connectivity index (χ0v) is 10.1. The molecule has 1 amide bonds. The number of carbonyl (C=O) groups excluding carboxylic acids is 3. The van der Waals surface area contributed by atoms with Gasteiger partial charge in [-0.3, -0.25) is 9.59 Å². The van der Waals surface area contributed by atoms with Gasteiger partial charge in [0.2, 0.25) is 5.91 Å².